The third kappa shape index (κ3) is 2.99. The summed E-state index contributed by atoms with van der Waals surface area (Å²) in [6.07, 6.45) is 1.66. The van der Waals surface area contributed by atoms with Gasteiger partial charge in [0, 0.05) is 10.8 Å². The molecule has 2 aromatic heterocycles. The summed E-state index contributed by atoms with van der Waals surface area (Å²) in [5.41, 5.74) is 3.17. The van der Waals surface area contributed by atoms with E-state index < -0.39 is 5.97 Å². The van der Waals surface area contributed by atoms with Gasteiger partial charge in [-0.05, 0) is 30.7 Å². The maximum absolute atomic E-state index is 12.0. The van der Waals surface area contributed by atoms with Gasteiger partial charge in [0.25, 0.3) is 0 Å². The number of ether oxygens (including phenoxy) is 2. The number of nitrogens with one attached hydrogen (secondary N) is 1. The van der Waals surface area contributed by atoms with Crippen LogP contribution in [-0.2, 0) is 11.3 Å². The van der Waals surface area contributed by atoms with E-state index in [1.165, 1.54) is 0 Å². The number of hydrogen-bond acceptors (Lipinski definition) is 4. The first-order chi connectivity index (χ1) is 12.8. The second-order valence-electron chi connectivity index (χ2n) is 5.91. The molecule has 0 spiro atoms. The van der Waals surface area contributed by atoms with E-state index >= 15 is 0 Å². The lowest BCUT2D eigenvalue weighted by molar-refractivity contribution is 0.0520. The monoisotopic (exact) mass is 346 g/mol. The number of aromatic nitrogens is 2. The predicted octanol–water partition coefficient (Wildman–Crippen LogP) is 4.47. The Labute approximate surface area is 150 Å². The minimum Gasteiger partial charge on any atom is -0.488 e. The van der Waals surface area contributed by atoms with Gasteiger partial charge in [-0.2, -0.15) is 0 Å². The lowest BCUT2D eigenvalue weighted by atomic mass is 10.1. The van der Waals surface area contributed by atoms with Crippen LogP contribution in [0.15, 0.2) is 60.8 Å². The maximum Gasteiger partial charge on any atom is 0.356 e. The molecule has 0 saturated carbocycles. The molecule has 0 aliphatic carbocycles. The maximum atomic E-state index is 12.0. The van der Waals surface area contributed by atoms with Gasteiger partial charge < -0.3 is 14.5 Å². The summed E-state index contributed by atoms with van der Waals surface area (Å²) >= 11 is 0. The van der Waals surface area contributed by atoms with Crippen molar-refractivity contribution < 1.29 is 14.3 Å². The number of nitrogens with zero attached hydrogens (tertiary/aromatic N) is 1. The number of benzene rings is 2. The molecule has 0 unspecified atom stereocenters. The summed E-state index contributed by atoms with van der Waals surface area (Å²) in [6.45, 7) is 2.57. The largest absolute Gasteiger partial charge is 0.488 e. The number of hydrogen-bond donors (Lipinski definition) is 1. The van der Waals surface area contributed by atoms with Crippen LogP contribution in [0.4, 0.5) is 0 Å². The van der Waals surface area contributed by atoms with Crippen molar-refractivity contribution >= 4 is 27.8 Å². The lowest BCUT2D eigenvalue weighted by Crippen LogP contribution is -2.06. The zero-order valence-corrected chi connectivity index (χ0v) is 14.4. The van der Waals surface area contributed by atoms with Crippen molar-refractivity contribution in [3.63, 3.8) is 0 Å². The van der Waals surface area contributed by atoms with E-state index in [0.29, 0.717) is 13.2 Å². The summed E-state index contributed by atoms with van der Waals surface area (Å²) < 4.78 is 11.1. The van der Waals surface area contributed by atoms with Gasteiger partial charge in [0.15, 0.2) is 0 Å². The molecular weight excluding hydrogens is 328 g/mol. The lowest BCUT2D eigenvalue weighted by Gasteiger charge is -2.08. The Bertz CT molecular complexity index is 1070. The van der Waals surface area contributed by atoms with Crippen molar-refractivity contribution in [2.45, 2.75) is 13.5 Å². The van der Waals surface area contributed by atoms with Crippen LogP contribution in [0.3, 0.4) is 0 Å². The van der Waals surface area contributed by atoms with Crippen LogP contribution in [0.1, 0.15) is 23.0 Å². The fraction of sp³-hybridized carbons (Fsp3) is 0.143. The average molecular weight is 346 g/mol. The molecule has 0 saturated heterocycles. The molecule has 5 nitrogen and oxygen atoms in total. The molecule has 4 aromatic rings. The molecule has 1 N–H and O–H groups in total. The quantitative estimate of drug-likeness (QED) is 0.542. The number of H-pyrrole nitrogens is 1. The highest BCUT2D eigenvalue weighted by Crippen LogP contribution is 2.33. The molecule has 0 radical (unpaired) electrons. The van der Waals surface area contributed by atoms with Gasteiger partial charge >= 0.3 is 5.97 Å². The number of carbonyl (C=O) groups excluding carboxylic acids is 1. The Morgan fingerprint density at radius 3 is 2.73 bits per heavy atom. The van der Waals surface area contributed by atoms with Crippen LogP contribution in [0.2, 0.25) is 0 Å². The normalized spacial score (nSPS) is 11.0. The van der Waals surface area contributed by atoms with E-state index in [-0.39, 0.29) is 5.69 Å². The number of pyridine rings is 1. The summed E-state index contributed by atoms with van der Waals surface area (Å²) in [7, 11) is 0. The van der Waals surface area contributed by atoms with Gasteiger partial charge in [0.1, 0.15) is 18.1 Å². The molecule has 130 valence electrons. The van der Waals surface area contributed by atoms with Crippen molar-refractivity contribution in [1.29, 1.82) is 0 Å². The Balaban J connectivity index is 1.76. The number of aromatic amines is 1. The second-order valence-corrected chi connectivity index (χ2v) is 5.91. The molecule has 5 heteroatoms. The number of fused-ring (bicyclic) bond motifs is 3. The van der Waals surface area contributed by atoms with Crippen molar-refractivity contribution in [3.05, 3.63) is 72.1 Å². The molecule has 0 atom stereocenters. The van der Waals surface area contributed by atoms with E-state index in [0.717, 1.165) is 33.1 Å². The summed E-state index contributed by atoms with van der Waals surface area (Å²) in [5, 5.41) is 1.83. The third-order valence-electron chi connectivity index (χ3n) is 4.19. The van der Waals surface area contributed by atoms with Crippen LogP contribution in [-0.4, -0.2) is 22.5 Å². The fourth-order valence-electron chi connectivity index (χ4n) is 2.99. The van der Waals surface area contributed by atoms with E-state index in [1.54, 1.807) is 19.2 Å². The highest BCUT2D eigenvalue weighted by Gasteiger charge is 2.14. The first kappa shape index (κ1) is 16.1. The topological polar surface area (TPSA) is 64.2 Å². The zero-order valence-electron chi connectivity index (χ0n) is 14.4. The van der Waals surface area contributed by atoms with Crippen LogP contribution < -0.4 is 4.74 Å². The Morgan fingerprint density at radius 2 is 1.92 bits per heavy atom. The Morgan fingerprint density at radius 1 is 1.08 bits per heavy atom. The summed E-state index contributed by atoms with van der Waals surface area (Å²) in [6, 6.07) is 17.6. The molecular formula is C21H18N2O3. The van der Waals surface area contributed by atoms with Crippen molar-refractivity contribution in [3.8, 4) is 5.75 Å². The standard InChI is InChI=1S/C21H18N2O3/c1-2-25-21(24)17-11-15-18(12-22-17)23-16-9-6-10-19(20(15)16)26-13-14-7-4-3-5-8-14/h3-12,23H,2,13H2,1H3. The van der Waals surface area contributed by atoms with Crippen LogP contribution >= 0.6 is 0 Å². The van der Waals surface area contributed by atoms with Crippen molar-refractivity contribution in [2.75, 3.05) is 6.61 Å². The third-order valence-corrected chi connectivity index (χ3v) is 4.19. The molecule has 0 aliphatic heterocycles. The van der Waals surface area contributed by atoms with Crippen molar-refractivity contribution in [2.24, 2.45) is 0 Å². The molecule has 4 rings (SSSR count). The fourth-order valence-corrected chi connectivity index (χ4v) is 2.99. The molecule has 0 fully saturated rings. The van der Waals surface area contributed by atoms with E-state index in [2.05, 4.69) is 9.97 Å². The minimum atomic E-state index is -0.425. The van der Waals surface area contributed by atoms with Gasteiger partial charge in [0.05, 0.1) is 23.8 Å². The van der Waals surface area contributed by atoms with Crippen LogP contribution in [0, 0.1) is 0 Å². The summed E-state index contributed by atoms with van der Waals surface area (Å²) in [4.78, 5) is 19.5. The van der Waals surface area contributed by atoms with E-state index in [9.17, 15) is 4.79 Å². The zero-order chi connectivity index (χ0) is 17.9. The van der Waals surface area contributed by atoms with Gasteiger partial charge in [-0.25, -0.2) is 9.78 Å². The number of esters is 1. The van der Waals surface area contributed by atoms with Gasteiger partial charge in [-0.3, -0.25) is 0 Å². The second kappa shape index (κ2) is 6.88. The number of carbonyl (C=O) groups is 1. The molecule has 0 bridgehead atoms. The number of rotatable bonds is 5. The first-order valence-electron chi connectivity index (χ1n) is 8.50. The SMILES string of the molecule is CCOC(=O)c1cc2c(cn1)[nH]c1cccc(OCc3ccccc3)c12. The van der Waals surface area contributed by atoms with Gasteiger partial charge in [-0.15, -0.1) is 0 Å². The average Bonchev–Trinajstić information content (AvgIpc) is 3.05. The molecule has 2 aromatic carbocycles. The predicted molar refractivity (Wildman–Crippen MR) is 100 cm³/mol. The Hall–Kier alpha value is -3.34. The molecule has 0 amide bonds. The Kier molecular flexibility index (Phi) is 4.27. The first-order valence-corrected chi connectivity index (χ1v) is 8.50. The van der Waals surface area contributed by atoms with Crippen LogP contribution in [0.25, 0.3) is 21.8 Å². The smallest absolute Gasteiger partial charge is 0.356 e. The highest BCUT2D eigenvalue weighted by atomic mass is 16.5. The highest BCUT2D eigenvalue weighted by molar-refractivity contribution is 6.11. The molecule has 2 heterocycles. The molecule has 0 aliphatic rings. The van der Waals surface area contributed by atoms with E-state index in [1.807, 2.05) is 48.5 Å². The van der Waals surface area contributed by atoms with Crippen LogP contribution in [0.5, 0.6) is 5.75 Å². The van der Waals surface area contributed by atoms with Gasteiger partial charge in [0.2, 0.25) is 0 Å². The minimum absolute atomic E-state index is 0.290. The summed E-state index contributed by atoms with van der Waals surface area (Å²) in [5.74, 6) is 0.338. The van der Waals surface area contributed by atoms with E-state index in [4.69, 9.17) is 9.47 Å². The molecule has 26 heavy (non-hydrogen) atoms. The van der Waals surface area contributed by atoms with Crippen molar-refractivity contribution in [1.82, 2.24) is 9.97 Å². The van der Waals surface area contributed by atoms with Gasteiger partial charge in [-0.1, -0.05) is 36.4 Å².